The number of aliphatic hydroxyl groups is 1. The molecule has 0 spiro atoms. The van der Waals surface area contributed by atoms with Gasteiger partial charge in [-0.05, 0) is 18.2 Å². The number of hydrogen-bond donors (Lipinski definition) is 3. The van der Waals surface area contributed by atoms with E-state index in [0.29, 0.717) is 27.8 Å². The molecule has 0 aromatic heterocycles. The van der Waals surface area contributed by atoms with Gasteiger partial charge in [-0.25, -0.2) is 0 Å². The van der Waals surface area contributed by atoms with Crippen molar-refractivity contribution in [2.45, 2.75) is 6.10 Å². The number of aliphatic hydroxyl groups excluding tert-OH is 1. The topological polar surface area (TPSA) is 89.1 Å². The van der Waals surface area contributed by atoms with Gasteiger partial charge in [0.15, 0.2) is 5.96 Å². The van der Waals surface area contributed by atoms with Crippen molar-refractivity contribution in [3.63, 3.8) is 0 Å². The van der Waals surface area contributed by atoms with Crippen molar-refractivity contribution in [3.05, 3.63) is 53.1 Å². The summed E-state index contributed by atoms with van der Waals surface area (Å²) in [6.45, 7) is 0.0782. The number of anilines is 1. The Morgan fingerprint density at radius 3 is 2.67 bits per heavy atom. The number of halogens is 1. The van der Waals surface area contributed by atoms with E-state index in [4.69, 9.17) is 26.8 Å². The highest BCUT2D eigenvalue weighted by molar-refractivity contribution is 6.31. The molecule has 0 aliphatic heterocycles. The van der Waals surface area contributed by atoms with Crippen molar-refractivity contribution in [2.75, 3.05) is 26.1 Å². The monoisotopic (exact) mass is 349 g/mol. The zero-order valence-corrected chi connectivity index (χ0v) is 14.2. The van der Waals surface area contributed by atoms with E-state index in [1.807, 2.05) is 0 Å². The Morgan fingerprint density at radius 2 is 2.00 bits per heavy atom. The van der Waals surface area contributed by atoms with Gasteiger partial charge in [0, 0.05) is 16.7 Å². The number of benzene rings is 2. The fourth-order valence-corrected chi connectivity index (χ4v) is 2.38. The van der Waals surface area contributed by atoms with Crippen LogP contribution in [0.4, 0.5) is 5.69 Å². The Bertz CT molecular complexity index is 722. The number of nitrogens with zero attached hydrogens (tertiary/aromatic N) is 1. The van der Waals surface area contributed by atoms with Crippen LogP contribution in [0.25, 0.3) is 0 Å². The van der Waals surface area contributed by atoms with Crippen molar-refractivity contribution in [1.29, 1.82) is 0 Å². The van der Waals surface area contributed by atoms with Gasteiger partial charge in [-0.3, -0.25) is 4.99 Å². The summed E-state index contributed by atoms with van der Waals surface area (Å²) in [5.41, 5.74) is 7.11. The zero-order valence-electron chi connectivity index (χ0n) is 13.5. The summed E-state index contributed by atoms with van der Waals surface area (Å²) in [5, 5.41) is 13.6. The fraction of sp³-hybridized carbons (Fsp3) is 0.235. The van der Waals surface area contributed by atoms with E-state index in [9.17, 15) is 5.11 Å². The van der Waals surface area contributed by atoms with Crippen LogP contribution in [-0.4, -0.2) is 31.8 Å². The van der Waals surface area contributed by atoms with Gasteiger partial charge in [0.2, 0.25) is 0 Å². The third-order valence-corrected chi connectivity index (χ3v) is 3.71. The SMILES string of the molecule is COc1ccc(OC)c(NC(N)=NCC(O)c2ccccc2Cl)c1. The summed E-state index contributed by atoms with van der Waals surface area (Å²) in [4.78, 5) is 4.15. The van der Waals surface area contributed by atoms with E-state index in [1.165, 1.54) is 0 Å². The van der Waals surface area contributed by atoms with Gasteiger partial charge < -0.3 is 25.6 Å². The number of hydrogen-bond acceptors (Lipinski definition) is 4. The first-order valence-corrected chi connectivity index (χ1v) is 7.64. The second kappa shape index (κ2) is 8.42. The third kappa shape index (κ3) is 4.53. The first-order chi connectivity index (χ1) is 11.5. The average molecular weight is 350 g/mol. The lowest BCUT2D eigenvalue weighted by atomic mass is 10.1. The molecule has 2 aromatic carbocycles. The molecule has 24 heavy (non-hydrogen) atoms. The Kier molecular flexibility index (Phi) is 6.28. The Labute approximate surface area is 145 Å². The van der Waals surface area contributed by atoms with Crippen LogP contribution >= 0.6 is 11.6 Å². The molecule has 128 valence electrons. The summed E-state index contributed by atoms with van der Waals surface area (Å²) in [5.74, 6) is 1.40. The minimum absolute atomic E-state index is 0.0782. The first kappa shape index (κ1) is 17.9. The molecule has 0 heterocycles. The second-order valence-electron chi connectivity index (χ2n) is 4.95. The van der Waals surface area contributed by atoms with Crippen molar-refractivity contribution in [3.8, 4) is 11.5 Å². The van der Waals surface area contributed by atoms with Gasteiger partial charge in [0.05, 0.1) is 26.5 Å². The summed E-state index contributed by atoms with van der Waals surface area (Å²) in [7, 11) is 3.13. The molecule has 0 radical (unpaired) electrons. The number of ether oxygens (including phenoxy) is 2. The minimum Gasteiger partial charge on any atom is -0.497 e. The second-order valence-corrected chi connectivity index (χ2v) is 5.36. The van der Waals surface area contributed by atoms with E-state index in [0.717, 1.165) is 0 Å². The van der Waals surface area contributed by atoms with Crippen LogP contribution in [0.5, 0.6) is 11.5 Å². The quantitative estimate of drug-likeness (QED) is 0.551. The molecule has 2 aromatic rings. The van der Waals surface area contributed by atoms with Gasteiger partial charge >= 0.3 is 0 Å². The Balaban J connectivity index is 2.08. The molecule has 0 aliphatic rings. The van der Waals surface area contributed by atoms with Crippen LogP contribution in [0.2, 0.25) is 5.02 Å². The van der Waals surface area contributed by atoms with Crippen molar-refractivity contribution >= 4 is 23.2 Å². The van der Waals surface area contributed by atoms with Gasteiger partial charge in [-0.1, -0.05) is 29.8 Å². The molecule has 2 rings (SSSR count). The van der Waals surface area contributed by atoms with E-state index in [-0.39, 0.29) is 12.5 Å². The molecule has 0 fully saturated rings. The normalized spacial score (nSPS) is 12.6. The maximum absolute atomic E-state index is 10.2. The predicted molar refractivity (Wildman–Crippen MR) is 96.1 cm³/mol. The van der Waals surface area contributed by atoms with E-state index in [2.05, 4.69) is 10.3 Å². The molecular weight excluding hydrogens is 330 g/mol. The summed E-state index contributed by atoms with van der Waals surface area (Å²) >= 11 is 6.05. The highest BCUT2D eigenvalue weighted by Crippen LogP contribution is 2.28. The number of aliphatic imine (C=N–C) groups is 1. The van der Waals surface area contributed by atoms with Gasteiger partial charge in [0.1, 0.15) is 17.6 Å². The fourth-order valence-electron chi connectivity index (χ4n) is 2.12. The molecule has 0 saturated heterocycles. The van der Waals surface area contributed by atoms with E-state index in [1.54, 1.807) is 56.7 Å². The maximum atomic E-state index is 10.2. The molecule has 1 atom stereocenters. The van der Waals surface area contributed by atoms with Crippen LogP contribution in [-0.2, 0) is 0 Å². The molecule has 0 bridgehead atoms. The number of nitrogens with one attached hydrogen (secondary N) is 1. The lowest BCUT2D eigenvalue weighted by Gasteiger charge is -2.13. The molecule has 1 unspecified atom stereocenters. The standard InChI is InChI=1S/C17H20ClN3O3/c1-23-11-7-8-16(24-2)14(9-11)21-17(19)20-10-15(22)12-5-3-4-6-13(12)18/h3-9,15,22H,10H2,1-2H3,(H3,19,20,21). The van der Waals surface area contributed by atoms with Crippen LogP contribution < -0.4 is 20.5 Å². The average Bonchev–Trinajstić information content (AvgIpc) is 2.60. The summed E-state index contributed by atoms with van der Waals surface area (Å²) in [6.07, 6.45) is -0.841. The molecule has 4 N–H and O–H groups in total. The van der Waals surface area contributed by atoms with Crippen molar-refractivity contribution in [1.82, 2.24) is 0 Å². The molecule has 0 amide bonds. The molecule has 0 saturated carbocycles. The summed E-state index contributed by atoms with van der Waals surface area (Å²) < 4.78 is 10.4. The Morgan fingerprint density at radius 1 is 1.25 bits per heavy atom. The Hall–Kier alpha value is -2.44. The van der Waals surface area contributed by atoms with Gasteiger partial charge in [-0.15, -0.1) is 0 Å². The summed E-state index contributed by atoms with van der Waals surface area (Å²) in [6, 6.07) is 12.3. The molecular formula is C17H20ClN3O3. The zero-order chi connectivity index (χ0) is 17.5. The van der Waals surface area contributed by atoms with Crippen molar-refractivity contribution < 1.29 is 14.6 Å². The third-order valence-electron chi connectivity index (χ3n) is 3.37. The van der Waals surface area contributed by atoms with Crippen LogP contribution in [0, 0.1) is 0 Å². The number of rotatable bonds is 6. The maximum Gasteiger partial charge on any atom is 0.193 e. The smallest absolute Gasteiger partial charge is 0.193 e. The van der Waals surface area contributed by atoms with Gasteiger partial charge in [-0.2, -0.15) is 0 Å². The highest BCUT2D eigenvalue weighted by atomic mass is 35.5. The number of nitrogens with two attached hydrogens (primary N) is 1. The first-order valence-electron chi connectivity index (χ1n) is 7.26. The molecule has 6 nitrogen and oxygen atoms in total. The number of guanidine groups is 1. The van der Waals surface area contributed by atoms with E-state index >= 15 is 0 Å². The largest absolute Gasteiger partial charge is 0.497 e. The lowest BCUT2D eigenvalue weighted by molar-refractivity contribution is 0.187. The van der Waals surface area contributed by atoms with Crippen LogP contribution in [0.3, 0.4) is 0 Å². The van der Waals surface area contributed by atoms with Crippen LogP contribution in [0.1, 0.15) is 11.7 Å². The molecule has 0 aliphatic carbocycles. The highest BCUT2D eigenvalue weighted by Gasteiger charge is 2.11. The van der Waals surface area contributed by atoms with Crippen molar-refractivity contribution in [2.24, 2.45) is 10.7 Å². The molecule has 7 heteroatoms. The van der Waals surface area contributed by atoms with Gasteiger partial charge in [0.25, 0.3) is 0 Å². The minimum atomic E-state index is -0.841. The van der Waals surface area contributed by atoms with E-state index < -0.39 is 6.10 Å². The van der Waals surface area contributed by atoms with Crippen LogP contribution in [0.15, 0.2) is 47.5 Å². The lowest BCUT2D eigenvalue weighted by Crippen LogP contribution is -2.24. The predicted octanol–water partition coefficient (Wildman–Crippen LogP) is 2.82. The number of methoxy groups -OCH3 is 2.